The van der Waals surface area contributed by atoms with Gasteiger partial charge >= 0.3 is 0 Å². The lowest BCUT2D eigenvalue weighted by Crippen LogP contribution is -2.27. The molecule has 2 amide bonds. The van der Waals surface area contributed by atoms with Crippen LogP contribution in [0.3, 0.4) is 0 Å². The van der Waals surface area contributed by atoms with Crippen LogP contribution in [-0.2, 0) is 4.79 Å². The second-order valence-electron chi connectivity index (χ2n) is 7.56. The lowest BCUT2D eigenvalue weighted by atomic mass is 10.1. The first-order valence-corrected chi connectivity index (χ1v) is 11.1. The molecule has 13 heteroatoms. The highest BCUT2D eigenvalue weighted by Gasteiger charge is 2.19. The molecule has 0 aliphatic rings. The van der Waals surface area contributed by atoms with Crippen LogP contribution in [-0.4, -0.2) is 41.9 Å². The number of aromatic nitrogens is 2. The molecular formula is C24H21ClF4N6O2. The number of likely N-dealkylation sites (N-methyl/N-ethyl adjacent to an activating group) is 1. The summed E-state index contributed by atoms with van der Waals surface area (Å²) in [5.74, 6) is -5.45. The number of carbonyl (C=O) groups excluding carboxylic acids is 2. The van der Waals surface area contributed by atoms with Gasteiger partial charge in [-0.25, -0.2) is 22.5 Å². The molecule has 2 aromatic carbocycles. The highest BCUT2D eigenvalue weighted by atomic mass is 35.5. The minimum Gasteiger partial charge on any atom is -0.354 e. The number of hydrogen-bond donors (Lipinski definition) is 3. The molecule has 194 valence electrons. The van der Waals surface area contributed by atoms with Gasteiger partial charge < -0.3 is 20.9 Å². The van der Waals surface area contributed by atoms with Crippen molar-refractivity contribution in [3.8, 4) is 0 Å². The third-order valence-electron chi connectivity index (χ3n) is 4.96. The highest BCUT2D eigenvalue weighted by molar-refractivity contribution is 6.31. The second-order valence-corrected chi connectivity index (χ2v) is 7.97. The van der Waals surface area contributed by atoms with Gasteiger partial charge in [-0.1, -0.05) is 18.2 Å². The van der Waals surface area contributed by atoms with Gasteiger partial charge in [0.1, 0.15) is 28.8 Å². The predicted molar refractivity (Wildman–Crippen MR) is 132 cm³/mol. The van der Waals surface area contributed by atoms with E-state index in [0.29, 0.717) is 36.6 Å². The molecule has 0 radical (unpaired) electrons. The van der Waals surface area contributed by atoms with Crippen LogP contribution in [0.4, 0.5) is 40.7 Å². The summed E-state index contributed by atoms with van der Waals surface area (Å²) < 4.78 is 54.8. The van der Waals surface area contributed by atoms with Crippen LogP contribution in [0.1, 0.15) is 16.8 Å². The number of benzene rings is 2. The fraction of sp³-hybridized carbons (Fsp3) is 0.167. The van der Waals surface area contributed by atoms with E-state index < -0.39 is 40.6 Å². The van der Waals surface area contributed by atoms with Crippen molar-refractivity contribution < 1.29 is 27.2 Å². The molecule has 3 N–H and O–H groups in total. The highest BCUT2D eigenvalue weighted by Crippen LogP contribution is 2.31. The normalized spacial score (nSPS) is 10.5. The molecule has 3 aromatic rings. The maximum atomic E-state index is 14.4. The number of halogens is 5. The van der Waals surface area contributed by atoms with Gasteiger partial charge in [0.15, 0.2) is 5.82 Å². The summed E-state index contributed by atoms with van der Waals surface area (Å²) in [7, 11) is 1.38. The average molecular weight is 537 g/mol. The van der Waals surface area contributed by atoms with Crippen LogP contribution in [0, 0.1) is 23.3 Å². The lowest BCUT2D eigenvalue weighted by molar-refractivity contribution is -0.113. The molecule has 1 aromatic heterocycles. The third kappa shape index (κ3) is 6.94. The summed E-state index contributed by atoms with van der Waals surface area (Å²) in [6.45, 7) is 3.73. The van der Waals surface area contributed by atoms with E-state index in [9.17, 15) is 27.2 Å². The summed E-state index contributed by atoms with van der Waals surface area (Å²) in [5, 5.41) is 8.02. The molecule has 0 spiro atoms. The van der Waals surface area contributed by atoms with Crippen LogP contribution >= 0.6 is 11.6 Å². The van der Waals surface area contributed by atoms with Gasteiger partial charge in [0.05, 0.1) is 10.7 Å². The largest absolute Gasteiger partial charge is 0.354 e. The molecule has 0 aliphatic heterocycles. The standard InChI is InChI=1S/C24H21ClF4N6O2/c1-3-20(36)35(2)18-12-14(11-15(25)22(18)29)33-19-5-8-32-24(34-19)31-7-4-6-30-23(37)21-16(27)9-13(26)10-17(21)28/h3,5,8-12H,1,4,6-7H2,2H3,(H,30,37)(H2,31,32,33,34). The van der Waals surface area contributed by atoms with Gasteiger partial charge in [-0.05, 0) is 30.7 Å². The van der Waals surface area contributed by atoms with Crippen LogP contribution in [0.5, 0.6) is 0 Å². The quantitative estimate of drug-likeness (QED) is 0.195. The fourth-order valence-corrected chi connectivity index (χ4v) is 3.36. The van der Waals surface area contributed by atoms with E-state index >= 15 is 0 Å². The molecule has 8 nitrogen and oxygen atoms in total. The summed E-state index contributed by atoms with van der Waals surface area (Å²) in [5.41, 5.74) is -0.562. The molecule has 0 saturated heterocycles. The van der Waals surface area contributed by atoms with Gasteiger partial charge in [0.2, 0.25) is 11.9 Å². The number of amides is 2. The molecule has 37 heavy (non-hydrogen) atoms. The van der Waals surface area contributed by atoms with E-state index in [0.717, 1.165) is 11.0 Å². The van der Waals surface area contributed by atoms with Gasteiger partial charge in [0, 0.05) is 44.2 Å². The zero-order valence-corrected chi connectivity index (χ0v) is 20.2. The monoisotopic (exact) mass is 536 g/mol. The molecule has 0 aliphatic carbocycles. The number of anilines is 4. The van der Waals surface area contributed by atoms with Crippen LogP contribution in [0.25, 0.3) is 0 Å². The second kappa shape index (κ2) is 12.2. The van der Waals surface area contributed by atoms with E-state index in [1.807, 2.05) is 0 Å². The molecule has 0 saturated carbocycles. The first-order chi connectivity index (χ1) is 17.6. The van der Waals surface area contributed by atoms with Gasteiger partial charge in [-0.3, -0.25) is 9.59 Å². The van der Waals surface area contributed by atoms with E-state index in [1.165, 1.54) is 25.4 Å². The third-order valence-corrected chi connectivity index (χ3v) is 5.23. The van der Waals surface area contributed by atoms with Crippen molar-refractivity contribution in [2.24, 2.45) is 0 Å². The number of hydrogen-bond acceptors (Lipinski definition) is 6. The van der Waals surface area contributed by atoms with Crippen LogP contribution in [0.15, 0.2) is 49.2 Å². The molecule has 0 fully saturated rings. The Morgan fingerprint density at radius 3 is 2.49 bits per heavy atom. The first kappa shape index (κ1) is 27.4. The zero-order valence-electron chi connectivity index (χ0n) is 19.4. The van der Waals surface area contributed by atoms with Gasteiger partial charge in [0.25, 0.3) is 5.91 Å². The molecule has 0 bridgehead atoms. The predicted octanol–water partition coefficient (Wildman–Crippen LogP) is 4.81. The van der Waals surface area contributed by atoms with Crippen molar-refractivity contribution in [2.75, 3.05) is 35.7 Å². The Labute approximate surface area is 214 Å². The average Bonchev–Trinajstić information content (AvgIpc) is 2.84. The fourth-order valence-electron chi connectivity index (χ4n) is 3.15. The Balaban J connectivity index is 1.57. The molecule has 1 heterocycles. The van der Waals surface area contributed by atoms with Gasteiger partial charge in [-0.15, -0.1) is 0 Å². The summed E-state index contributed by atoms with van der Waals surface area (Å²) in [4.78, 5) is 33.3. The number of carbonyl (C=O) groups is 2. The summed E-state index contributed by atoms with van der Waals surface area (Å²) in [6, 6.07) is 5.12. The molecule has 3 rings (SSSR count). The van der Waals surface area contributed by atoms with Crippen LogP contribution in [0.2, 0.25) is 5.02 Å². The van der Waals surface area contributed by atoms with E-state index in [2.05, 4.69) is 32.5 Å². The summed E-state index contributed by atoms with van der Waals surface area (Å²) >= 11 is 5.98. The first-order valence-electron chi connectivity index (χ1n) is 10.8. The maximum absolute atomic E-state index is 14.4. The smallest absolute Gasteiger partial charge is 0.257 e. The van der Waals surface area contributed by atoms with Crippen molar-refractivity contribution in [2.45, 2.75) is 6.42 Å². The molecular weight excluding hydrogens is 516 g/mol. The van der Waals surface area contributed by atoms with Crippen molar-refractivity contribution in [1.29, 1.82) is 0 Å². The Kier molecular flexibility index (Phi) is 9.01. The maximum Gasteiger partial charge on any atom is 0.257 e. The Morgan fingerprint density at radius 1 is 1.11 bits per heavy atom. The number of nitrogens with one attached hydrogen (secondary N) is 3. The SMILES string of the molecule is C=CC(=O)N(C)c1cc(Nc2ccnc(NCCCNC(=O)c3c(F)cc(F)cc3F)n2)cc(Cl)c1F. The van der Waals surface area contributed by atoms with Crippen LogP contribution < -0.4 is 20.9 Å². The minimum absolute atomic E-state index is 0.0604. The van der Waals surface area contributed by atoms with Crippen molar-refractivity contribution in [3.05, 3.63) is 83.0 Å². The minimum atomic E-state index is -1.29. The van der Waals surface area contributed by atoms with E-state index in [4.69, 9.17) is 11.6 Å². The van der Waals surface area contributed by atoms with Crippen molar-refractivity contribution in [3.63, 3.8) is 0 Å². The molecule has 0 atom stereocenters. The lowest BCUT2D eigenvalue weighted by Gasteiger charge is -2.18. The Morgan fingerprint density at radius 2 is 1.81 bits per heavy atom. The van der Waals surface area contributed by atoms with E-state index in [1.54, 1.807) is 6.07 Å². The summed E-state index contributed by atoms with van der Waals surface area (Å²) in [6.07, 6.45) is 2.84. The van der Waals surface area contributed by atoms with Crippen molar-refractivity contribution in [1.82, 2.24) is 15.3 Å². The molecule has 0 unspecified atom stereocenters. The van der Waals surface area contributed by atoms with Gasteiger partial charge in [-0.2, -0.15) is 4.98 Å². The topological polar surface area (TPSA) is 99.3 Å². The number of nitrogens with zero attached hydrogens (tertiary/aromatic N) is 3. The van der Waals surface area contributed by atoms with Crippen molar-refractivity contribution >= 4 is 46.6 Å². The Bertz CT molecular complexity index is 1320. The van der Waals surface area contributed by atoms with E-state index in [-0.39, 0.29) is 23.2 Å². The zero-order chi connectivity index (χ0) is 27.1. The number of rotatable bonds is 10. The Hall–Kier alpha value is -4.19.